The fourth-order valence-electron chi connectivity index (χ4n) is 8.72. The van der Waals surface area contributed by atoms with Crippen LogP contribution in [0, 0.1) is 40.4 Å². The maximum atomic E-state index is 11.6. The van der Waals surface area contributed by atoms with Crippen molar-refractivity contribution in [2.75, 3.05) is 0 Å². The highest BCUT2D eigenvalue weighted by Crippen LogP contribution is 2.66. The van der Waals surface area contributed by atoms with E-state index >= 15 is 0 Å². The van der Waals surface area contributed by atoms with Gasteiger partial charge in [0.1, 0.15) is 0 Å². The van der Waals surface area contributed by atoms with Crippen molar-refractivity contribution in [3.63, 3.8) is 0 Å². The lowest BCUT2D eigenvalue weighted by Crippen LogP contribution is -2.55. The molecule has 3 saturated carbocycles. The molecule has 0 aromatic carbocycles. The van der Waals surface area contributed by atoms with Crippen LogP contribution < -0.4 is 0 Å². The molecular weight excluding hydrogens is 388 g/mol. The highest BCUT2D eigenvalue weighted by molar-refractivity contribution is 5.31. The first kappa shape index (κ1) is 23.7. The predicted octanol–water partition coefficient (Wildman–Crippen LogP) is 4.45. The Labute approximate surface area is 189 Å². The lowest BCUT2D eigenvalue weighted by atomic mass is 9.47. The Morgan fingerprint density at radius 1 is 1.06 bits per heavy atom. The van der Waals surface area contributed by atoms with E-state index in [1.807, 2.05) is 6.92 Å². The maximum Gasteiger partial charge on any atom is 0.0677 e. The summed E-state index contributed by atoms with van der Waals surface area (Å²) >= 11 is 0. The summed E-state index contributed by atoms with van der Waals surface area (Å²) in [6.45, 7) is 11.0. The summed E-state index contributed by atoms with van der Waals surface area (Å²) in [7, 11) is 0. The zero-order chi connectivity index (χ0) is 22.8. The summed E-state index contributed by atoms with van der Waals surface area (Å²) in [5, 5.41) is 44.2. The lowest BCUT2D eigenvalue weighted by Gasteiger charge is -2.58. The SMILES string of the molecule is CC(C)CCC[C@](C)(O)[C@H]1C(O)C[C@H]2[C@@H]3CC(O)C4CC(O)CC[C@]4(C)C3=CC[C@@]21C. The molecule has 10 atom stereocenters. The Hall–Kier alpha value is -0.420. The molecule has 0 radical (unpaired) electrons. The second-order valence-electron chi connectivity index (χ2n) is 12.8. The van der Waals surface area contributed by atoms with Crippen LogP contribution in [-0.2, 0) is 0 Å². The van der Waals surface area contributed by atoms with Crippen molar-refractivity contribution >= 4 is 0 Å². The van der Waals surface area contributed by atoms with Gasteiger partial charge in [0.15, 0.2) is 0 Å². The molecule has 0 amide bonds. The molecule has 0 saturated heterocycles. The Kier molecular flexibility index (Phi) is 6.21. The van der Waals surface area contributed by atoms with Crippen LogP contribution in [0.5, 0.6) is 0 Å². The van der Waals surface area contributed by atoms with E-state index in [2.05, 4.69) is 33.8 Å². The van der Waals surface area contributed by atoms with Gasteiger partial charge >= 0.3 is 0 Å². The third-order valence-corrected chi connectivity index (χ3v) is 10.2. The average Bonchev–Trinajstić information content (AvgIpc) is 2.94. The van der Waals surface area contributed by atoms with Crippen LogP contribution in [0.25, 0.3) is 0 Å². The molecule has 31 heavy (non-hydrogen) atoms. The molecule has 4 aliphatic carbocycles. The topological polar surface area (TPSA) is 80.9 Å². The standard InChI is InChI=1S/C27H46O4/c1-16(2)7-6-10-27(5,31)24-23(30)15-20-18-14-22(29)21-13-17(28)8-11-25(21,3)19(18)9-12-26(20,24)4/h9,16-18,20-24,28-31H,6-8,10-15H2,1-5H3/t17?,18-,20+,21?,22?,23?,24+,25-,26+,27+/m1/s1. The van der Waals surface area contributed by atoms with E-state index in [9.17, 15) is 20.4 Å². The molecule has 3 fully saturated rings. The molecule has 4 nitrogen and oxygen atoms in total. The van der Waals surface area contributed by atoms with E-state index in [1.165, 1.54) is 5.57 Å². The van der Waals surface area contributed by atoms with E-state index in [0.29, 0.717) is 18.3 Å². The van der Waals surface area contributed by atoms with E-state index in [1.54, 1.807) is 0 Å². The molecule has 4 unspecified atom stereocenters. The highest BCUT2D eigenvalue weighted by Gasteiger charge is 2.63. The molecule has 4 heteroatoms. The molecule has 0 heterocycles. The lowest BCUT2D eigenvalue weighted by molar-refractivity contribution is -0.112. The first-order valence-electron chi connectivity index (χ1n) is 12.9. The van der Waals surface area contributed by atoms with Crippen LogP contribution in [0.1, 0.15) is 92.4 Å². The number of hydrogen-bond donors (Lipinski definition) is 4. The van der Waals surface area contributed by atoms with Crippen LogP contribution in [0.3, 0.4) is 0 Å². The van der Waals surface area contributed by atoms with Gasteiger partial charge in [-0.05, 0) is 86.4 Å². The van der Waals surface area contributed by atoms with Gasteiger partial charge < -0.3 is 20.4 Å². The fraction of sp³-hybridized carbons (Fsp3) is 0.926. The summed E-state index contributed by atoms with van der Waals surface area (Å²) < 4.78 is 0. The molecule has 0 aromatic rings. The summed E-state index contributed by atoms with van der Waals surface area (Å²) in [5.74, 6) is 1.19. The van der Waals surface area contributed by atoms with Gasteiger partial charge in [0, 0.05) is 5.92 Å². The number of hydrogen-bond acceptors (Lipinski definition) is 4. The first-order chi connectivity index (χ1) is 14.4. The van der Waals surface area contributed by atoms with E-state index in [0.717, 1.165) is 51.4 Å². The maximum absolute atomic E-state index is 11.6. The highest BCUT2D eigenvalue weighted by atomic mass is 16.3. The molecule has 0 aliphatic heterocycles. The largest absolute Gasteiger partial charge is 0.393 e. The van der Waals surface area contributed by atoms with Crippen molar-refractivity contribution in [1.29, 1.82) is 0 Å². The van der Waals surface area contributed by atoms with Crippen LogP contribution >= 0.6 is 0 Å². The third-order valence-electron chi connectivity index (χ3n) is 10.2. The van der Waals surface area contributed by atoms with Crippen LogP contribution in [0.4, 0.5) is 0 Å². The summed E-state index contributed by atoms with van der Waals surface area (Å²) in [5.41, 5.74) is 0.403. The number of rotatable bonds is 5. The van der Waals surface area contributed by atoms with E-state index in [-0.39, 0.29) is 34.7 Å². The third kappa shape index (κ3) is 3.84. The van der Waals surface area contributed by atoms with Crippen molar-refractivity contribution < 1.29 is 20.4 Å². The molecular formula is C27H46O4. The monoisotopic (exact) mass is 434 g/mol. The summed E-state index contributed by atoms with van der Waals surface area (Å²) in [6.07, 6.45) is 8.84. The van der Waals surface area contributed by atoms with Crippen LogP contribution in [-0.4, -0.2) is 44.3 Å². The van der Waals surface area contributed by atoms with Gasteiger partial charge in [0.05, 0.1) is 23.9 Å². The van der Waals surface area contributed by atoms with Gasteiger partial charge in [-0.25, -0.2) is 0 Å². The predicted molar refractivity (Wildman–Crippen MR) is 123 cm³/mol. The molecule has 0 bridgehead atoms. The number of aliphatic hydroxyl groups is 4. The van der Waals surface area contributed by atoms with Gasteiger partial charge in [-0.3, -0.25) is 0 Å². The van der Waals surface area contributed by atoms with E-state index in [4.69, 9.17) is 0 Å². The molecule has 4 N–H and O–H groups in total. The van der Waals surface area contributed by atoms with Gasteiger partial charge in [-0.1, -0.05) is 52.2 Å². The number of allylic oxidation sites excluding steroid dienone is 2. The molecule has 4 aliphatic rings. The Morgan fingerprint density at radius 3 is 2.45 bits per heavy atom. The molecule has 0 spiro atoms. The van der Waals surface area contributed by atoms with Crippen molar-refractivity contribution in [3.8, 4) is 0 Å². The first-order valence-corrected chi connectivity index (χ1v) is 12.9. The molecule has 0 aromatic heterocycles. The summed E-state index contributed by atoms with van der Waals surface area (Å²) in [4.78, 5) is 0. The normalized spacial score (nSPS) is 49.1. The zero-order valence-electron chi connectivity index (χ0n) is 20.3. The van der Waals surface area contributed by atoms with Crippen molar-refractivity contribution in [2.24, 2.45) is 40.4 Å². The van der Waals surface area contributed by atoms with Crippen molar-refractivity contribution in [1.82, 2.24) is 0 Å². The Balaban J connectivity index is 1.62. The van der Waals surface area contributed by atoms with Crippen molar-refractivity contribution in [3.05, 3.63) is 11.6 Å². The van der Waals surface area contributed by atoms with Crippen molar-refractivity contribution in [2.45, 2.75) is 116 Å². The summed E-state index contributed by atoms with van der Waals surface area (Å²) in [6, 6.07) is 0. The Bertz CT molecular complexity index is 699. The van der Waals surface area contributed by atoms with Gasteiger partial charge in [-0.15, -0.1) is 0 Å². The second-order valence-corrected chi connectivity index (χ2v) is 12.8. The minimum absolute atomic E-state index is 0.0499. The quantitative estimate of drug-likeness (QED) is 0.482. The second kappa shape index (κ2) is 8.11. The smallest absolute Gasteiger partial charge is 0.0677 e. The van der Waals surface area contributed by atoms with Crippen LogP contribution in [0.15, 0.2) is 11.6 Å². The zero-order valence-corrected chi connectivity index (χ0v) is 20.3. The number of aliphatic hydroxyl groups excluding tert-OH is 3. The minimum atomic E-state index is -0.877. The Morgan fingerprint density at radius 2 is 1.77 bits per heavy atom. The van der Waals surface area contributed by atoms with Gasteiger partial charge in [0.2, 0.25) is 0 Å². The van der Waals surface area contributed by atoms with E-state index < -0.39 is 17.8 Å². The van der Waals surface area contributed by atoms with Gasteiger partial charge in [-0.2, -0.15) is 0 Å². The fourth-order valence-corrected chi connectivity index (χ4v) is 8.72. The molecule has 178 valence electrons. The van der Waals surface area contributed by atoms with Gasteiger partial charge in [0.25, 0.3) is 0 Å². The van der Waals surface area contributed by atoms with Crippen LogP contribution in [0.2, 0.25) is 0 Å². The average molecular weight is 435 g/mol. The molecule has 4 rings (SSSR count). The minimum Gasteiger partial charge on any atom is -0.393 e. The number of fused-ring (bicyclic) bond motifs is 5.